The van der Waals surface area contributed by atoms with Gasteiger partial charge in [-0.2, -0.15) is 13.2 Å². The van der Waals surface area contributed by atoms with E-state index >= 15 is 0 Å². The van der Waals surface area contributed by atoms with Crippen LogP contribution >= 0.6 is 0 Å². The summed E-state index contributed by atoms with van der Waals surface area (Å²) in [7, 11) is 0. The van der Waals surface area contributed by atoms with Crippen molar-refractivity contribution >= 4 is 0 Å². The Bertz CT molecular complexity index is 131. The minimum Gasteiger partial charge on any atom is -0.327 e. The summed E-state index contributed by atoms with van der Waals surface area (Å²) in [4.78, 5) is 0. The first-order valence-electron chi connectivity index (χ1n) is 2.70. The van der Waals surface area contributed by atoms with Crippen LogP contribution in [0.25, 0.3) is 0 Å². The lowest BCUT2D eigenvalue weighted by atomic mass is 10.1. The highest BCUT2D eigenvalue weighted by atomic mass is 19.4. The summed E-state index contributed by atoms with van der Waals surface area (Å²) in [6.45, 7) is 1.15. The van der Waals surface area contributed by atoms with Gasteiger partial charge < -0.3 is 5.73 Å². The van der Waals surface area contributed by atoms with Gasteiger partial charge >= 0.3 is 6.18 Å². The van der Waals surface area contributed by atoms with Gasteiger partial charge in [0.2, 0.25) is 0 Å². The minimum atomic E-state index is -4.10. The smallest absolute Gasteiger partial charge is 0.327 e. The number of alkyl halides is 3. The molecule has 0 aromatic rings. The largest absolute Gasteiger partial charge is 0.395 e. The summed E-state index contributed by atoms with van der Waals surface area (Å²) in [6, 6.07) is -0.669. The fourth-order valence-electron chi connectivity index (χ4n) is 0.724. The van der Waals surface area contributed by atoms with Crippen LogP contribution in [-0.2, 0) is 0 Å². The van der Waals surface area contributed by atoms with Crippen LogP contribution < -0.4 is 5.73 Å². The molecule has 9 heavy (non-hydrogen) atoms. The highest BCUT2D eigenvalue weighted by Gasteiger charge is 2.65. The standard InChI is InChI=1S/C5H8F3N/c1-4(2-3(4)9)5(6,7)8/h3H,2,9H2,1H3. The Morgan fingerprint density at radius 1 is 1.56 bits per heavy atom. The molecule has 2 N–H and O–H groups in total. The van der Waals surface area contributed by atoms with Crippen LogP contribution in [0.3, 0.4) is 0 Å². The molecule has 0 aromatic carbocycles. The first kappa shape index (κ1) is 6.86. The van der Waals surface area contributed by atoms with E-state index in [1.54, 1.807) is 0 Å². The maximum absolute atomic E-state index is 11.8. The summed E-state index contributed by atoms with van der Waals surface area (Å²) in [5, 5.41) is 0. The molecular weight excluding hydrogens is 131 g/mol. The maximum atomic E-state index is 11.8. The number of hydrogen-bond donors (Lipinski definition) is 1. The highest BCUT2D eigenvalue weighted by molar-refractivity contribution is 5.07. The molecule has 1 nitrogen and oxygen atoms in total. The summed E-state index contributed by atoms with van der Waals surface area (Å²) in [6.07, 6.45) is -4.02. The lowest BCUT2D eigenvalue weighted by molar-refractivity contribution is -0.182. The van der Waals surface area contributed by atoms with Gasteiger partial charge in [0.05, 0.1) is 5.41 Å². The molecule has 0 spiro atoms. The lowest BCUT2D eigenvalue weighted by Gasteiger charge is -2.13. The molecule has 2 atom stereocenters. The van der Waals surface area contributed by atoms with Gasteiger partial charge in [0.25, 0.3) is 0 Å². The van der Waals surface area contributed by atoms with Crippen molar-refractivity contribution < 1.29 is 13.2 Å². The van der Waals surface area contributed by atoms with Crippen molar-refractivity contribution in [1.82, 2.24) is 0 Å². The van der Waals surface area contributed by atoms with E-state index in [1.165, 1.54) is 0 Å². The maximum Gasteiger partial charge on any atom is 0.395 e. The van der Waals surface area contributed by atoms with Gasteiger partial charge in [-0.05, 0) is 13.3 Å². The lowest BCUT2D eigenvalue weighted by Crippen LogP contribution is -2.27. The van der Waals surface area contributed by atoms with Gasteiger partial charge in [0.15, 0.2) is 0 Å². The van der Waals surface area contributed by atoms with E-state index in [1.807, 2.05) is 0 Å². The van der Waals surface area contributed by atoms with Crippen molar-refractivity contribution in [3.63, 3.8) is 0 Å². The van der Waals surface area contributed by atoms with Gasteiger partial charge in [-0.1, -0.05) is 0 Å². The third kappa shape index (κ3) is 0.813. The zero-order valence-corrected chi connectivity index (χ0v) is 5.00. The number of rotatable bonds is 0. The second kappa shape index (κ2) is 1.42. The summed E-state index contributed by atoms with van der Waals surface area (Å²) in [5.74, 6) is 0. The molecule has 1 aliphatic rings. The van der Waals surface area contributed by atoms with Crippen LogP contribution in [-0.4, -0.2) is 12.2 Å². The van der Waals surface area contributed by atoms with Crippen molar-refractivity contribution in [2.75, 3.05) is 0 Å². The summed E-state index contributed by atoms with van der Waals surface area (Å²) < 4.78 is 35.4. The molecule has 0 aliphatic heterocycles. The SMILES string of the molecule is CC1(C(F)(F)F)CC1N. The van der Waals surface area contributed by atoms with Crippen molar-refractivity contribution in [3.8, 4) is 0 Å². The Balaban J connectivity index is 2.64. The van der Waals surface area contributed by atoms with Crippen LogP contribution in [0.2, 0.25) is 0 Å². The van der Waals surface area contributed by atoms with Gasteiger partial charge in [-0.3, -0.25) is 0 Å². The Morgan fingerprint density at radius 3 is 1.89 bits per heavy atom. The average molecular weight is 139 g/mol. The molecule has 0 bridgehead atoms. The van der Waals surface area contributed by atoms with E-state index in [4.69, 9.17) is 5.73 Å². The first-order chi connectivity index (χ1) is 3.88. The second-order valence-electron chi connectivity index (χ2n) is 2.73. The predicted molar refractivity (Wildman–Crippen MR) is 26.8 cm³/mol. The van der Waals surface area contributed by atoms with Gasteiger partial charge in [-0.25, -0.2) is 0 Å². The van der Waals surface area contributed by atoms with E-state index in [0.717, 1.165) is 6.92 Å². The normalized spacial score (nSPS) is 43.0. The third-order valence-corrected chi connectivity index (χ3v) is 1.95. The fraction of sp³-hybridized carbons (Fsp3) is 1.00. The molecule has 4 heteroatoms. The Kier molecular flexibility index (Phi) is 1.09. The molecule has 0 aromatic heterocycles. The van der Waals surface area contributed by atoms with E-state index < -0.39 is 17.6 Å². The van der Waals surface area contributed by atoms with Crippen LogP contribution in [0.1, 0.15) is 13.3 Å². The van der Waals surface area contributed by atoms with Crippen molar-refractivity contribution in [3.05, 3.63) is 0 Å². The van der Waals surface area contributed by atoms with Gasteiger partial charge in [-0.15, -0.1) is 0 Å². The Morgan fingerprint density at radius 2 is 1.89 bits per heavy atom. The molecule has 0 amide bonds. The predicted octanol–water partition coefficient (Wildman–Crippen LogP) is 1.29. The molecule has 1 fully saturated rings. The number of nitrogens with two attached hydrogens (primary N) is 1. The van der Waals surface area contributed by atoms with E-state index in [2.05, 4.69) is 0 Å². The molecule has 0 radical (unpaired) electrons. The van der Waals surface area contributed by atoms with E-state index in [9.17, 15) is 13.2 Å². The Labute approximate surface area is 51.0 Å². The van der Waals surface area contributed by atoms with Gasteiger partial charge in [0, 0.05) is 6.04 Å². The number of halogens is 3. The van der Waals surface area contributed by atoms with Gasteiger partial charge in [0.1, 0.15) is 0 Å². The molecule has 2 unspecified atom stereocenters. The summed E-state index contributed by atoms with van der Waals surface area (Å²) in [5.41, 5.74) is 3.49. The van der Waals surface area contributed by atoms with Crippen LogP contribution in [0.15, 0.2) is 0 Å². The van der Waals surface area contributed by atoms with Crippen LogP contribution in [0, 0.1) is 5.41 Å². The molecule has 54 valence electrons. The van der Waals surface area contributed by atoms with Crippen molar-refractivity contribution in [1.29, 1.82) is 0 Å². The molecule has 1 rings (SSSR count). The number of hydrogen-bond acceptors (Lipinski definition) is 1. The van der Waals surface area contributed by atoms with E-state index in [0.29, 0.717) is 0 Å². The van der Waals surface area contributed by atoms with Crippen molar-refractivity contribution in [2.24, 2.45) is 11.1 Å². The molecule has 0 heterocycles. The average Bonchev–Trinajstić information content (AvgIpc) is 2.13. The highest BCUT2D eigenvalue weighted by Crippen LogP contribution is 2.55. The molecular formula is C5H8F3N. The van der Waals surface area contributed by atoms with Crippen LogP contribution in [0.4, 0.5) is 13.2 Å². The monoisotopic (exact) mass is 139 g/mol. The molecule has 1 saturated carbocycles. The quantitative estimate of drug-likeness (QED) is 0.537. The van der Waals surface area contributed by atoms with Crippen molar-refractivity contribution in [2.45, 2.75) is 25.6 Å². The fourth-order valence-corrected chi connectivity index (χ4v) is 0.724. The zero-order valence-electron chi connectivity index (χ0n) is 5.00. The van der Waals surface area contributed by atoms with E-state index in [-0.39, 0.29) is 6.42 Å². The first-order valence-corrected chi connectivity index (χ1v) is 2.70. The molecule has 1 aliphatic carbocycles. The second-order valence-corrected chi connectivity index (χ2v) is 2.73. The third-order valence-electron chi connectivity index (χ3n) is 1.95. The Hall–Kier alpha value is -0.250. The van der Waals surface area contributed by atoms with Crippen LogP contribution in [0.5, 0.6) is 0 Å². The summed E-state index contributed by atoms with van der Waals surface area (Å²) >= 11 is 0. The zero-order chi connectivity index (χ0) is 7.28. The topological polar surface area (TPSA) is 26.0 Å². The molecule has 0 saturated heterocycles. The minimum absolute atomic E-state index is 0.0799.